The van der Waals surface area contributed by atoms with Gasteiger partial charge in [-0.1, -0.05) is 0 Å². The van der Waals surface area contributed by atoms with Gasteiger partial charge in [0.25, 0.3) is 0 Å². The molecule has 0 bridgehead atoms. The van der Waals surface area contributed by atoms with Crippen LogP contribution in [0.15, 0.2) is 48.9 Å². The molecular formula is C25H20F2N8O. The Balaban J connectivity index is 1.58. The Kier molecular flexibility index (Phi) is 5.66. The Hall–Kier alpha value is -4.69. The molecular weight excluding hydrogens is 466 g/mol. The molecule has 0 radical (unpaired) electrons. The van der Waals surface area contributed by atoms with E-state index in [1.165, 1.54) is 35.4 Å². The molecule has 4 aromatic heterocycles. The van der Waals surface area contributed by atoms with E-state index in [9.17, 15) is 14.8 Å². The highest BCUT2D eigenvalue weighted by atomic mass is 19.1. The van der Waals surface area contributed by atoms with Gasteiger partial charge in [0, 0.05) is 23.4 Å². The second-order valence-electron chi connectivity index (χ2n) is 8.30. The van der Waals surface area contributed by atoms with E-state index in [1.54, 1.807) is 43.5 Å². The zero-order valence-electron chi connectivity index (χ0n) is 19.5. The lowest BCUT2D eigenvalue weighted by Crippen LogP contribution is -2.11. The molecule has 0 spiro atoms. The molecule has 11 heteroatoms. The Morgan fingerprint density at radius 2 is 1.89 bits per heavy atom. The van der Waals surface area contributed by atoms with Crippen LogP contribution in [0.2, 0.25) is 0 Å². The molecule has 4 heterocycles. The van der Waals surface area contributed by atoms with Gasteiger partial charge in [-0.3, -0.25) is 9.55 Å². The summed E-state index contributed by atoms with van der Waals surface area (Å²) in [6, 6.07) is 11.1. The van der Waals surface area contributed by atoms with Crippen molar-refractivity contribution in [1.82, 2.24) is 29.3 Å². The van der Waals surface area contributed by atoms with Crippen LogP contribution in [-0.4, -0.2) is 34.4 Å². The number of anilines is 2. The zero-order valence-corrected chi connectivity index (χ0v) is 19.5. The molecule has 0 aliphatic carbocycles. The number of nitriles is 1. The van der Waals surface area contributed by atoms with Gasteiger partial charge in [0.15, 0.2) is 11.5 Å². The van der Waals surface area contributed by atoms with E-state index in [4.69, 9.17) is 0 Å². The Labute approximate surface area is 204 Å². The fourth-order valence-corrected chi connectivity index (χ4v) is 3.86. The van der Waals surface area contributed by atoms with E-state index < -0.39 is 17.7 Å². The molecule has 1 unspecified atom stereocenters. The van der Waals surface area contributed by atoms with Gasteiger partial charge in [-0.05, 0) is 45.0 Å². The second kappa shape index (κ2) is 8.83. The minimum absolute atomic E-state index is 0.118. The topological polar surface area (TPSA) is 117 Å². The van der Waals surface area contributed by atoms with Crippen molar-refractivity contribution in [3.63, 3.8) is 0 Å². The number of hydrogen-bond donors (Lipinski definition) is 2. The van der Waals surface area contributed by atoms with Crippen LogP contribution in [0.3, 0.4) is 0 Å². The predicted molar refractivity (Wildman–Crippen MR) is 128 cm³/mol. The highest BCUT2D eigenvalue weighted by molar-refractivity contribution is 5.82. The smallest absolute Gasteiger partial charge is 0.163 e. The standard InChI is InChI=1S/C25H20F2N8O/c1-13-6-16(10-28)33-35(13)25-18(15(3)36)4-5-24(32-25)34-12-30-22-9-21(20(27)8-23(22)34)31-17-7-19(26)14(2)29-11-17/h4-9,11-12,15,31,36H,1-3H3. The number of aliphatic hydroxyl groups excluding tert-OH is 1. The lowest BCUT2D eigenvalue weighted by atomic mass is 10.1. The molecule has 0 aliphatic heterocycles. The lowest BCUT2D eigenvalue weighted by Gasteiger charge is -2.15. The number of nitrogens with zero attached hydrogens (tertiary/aromatic N) is 7. The maximum atomic E-state index is 15.1. The quantitative estimate of drug-likeness (QED) is 0.374. The van der Waals surface area contributed by atoms with Crippen molar-refractivity contribution in [1.29, 1.82) is 5.26 Å². The summed E-state index contributed by atoms with van der Waals surface area (Å²) in [4.78, 5) is 13.0. The maximum absolute atomic E-state index is 15.1. The van der Waals surface area contributed by atoms with Crippen LogP contribution >= 0.6 is 0 Å². The summed E-state index contributed by atoms with van der Waals surface area (Å²) in [5.74, 6) is -0.318. The number of nitrogens with one attached hydrogen (secondary N) is 1. The van der Waals surface area contributed by atoms with E-state index in [2.05, 4.69) is 25.4 Å². The number of imidazole rings is 1. The number of benzene rings is 1. The van der Waals surface area contributed by atoms with Crippen molar-refractivity contribution in [3.8, 4) is 17.7 Å². The lowest BCUT2D eigenvalue weighted by molar-refractivity contribution is 0.198. The van der Waals surface area contributed by atoms with Crippen molar-refractivity contribution in [3.05, 3.63) is 83.2 Å². The number of fused-ring (bicyclic) bond motifs is 1. The van der Waals surface area contributed by atoms with Crippen LogP contribution in [0.1, 0.15) is 35.7 Å². The van der Waals surface area contributed by atoms with Crippen LogP contribution < -0.4 is 5.32 Å². The minimum atomic E-state index is -0.845. The van der Waals surface area contributed by atoms with Crippen molar-refractivity contribution in [2.45, 2.75) is 26.9 Å². The van der Waals surface area contributed by atoms with E-state index in [1.807, 2.05) is 6.07 Å². The van der Waals surface area contributed by atoms with Crippen LogP contribution in [0, 0.1) is 36.8 Å². The molecule has 0 saturated carbocycles. The highest BCUT2D eigenvalue weighted by Gasteiger charge is 2.18. The van der Waals surface area contributed by atoms with Gasteiger partial charge in [0.05, 0.1) is 40.4 Å². The summed E-state index contributed by atoms with van der Waals surface area (Å²) in [7, 11) is 0. The second-order valence-corrected chi connectivity index (χ2v) is 8.30. The third-order valence-corrected chi connectivity index (χ3v) is 5.73. The number of rotatable bonds is 5. The maximum Gasteiger partial charge on any atom is 0.163 e. The minimum Gasteiger partial charge on any atom is -0.389 e. The molecule has 0 aliphatic rings. The molecule has 180 valence electrons. The number of pyridine rings is 2. The SMILES string of the molecule is Cc1ncc(Nc2cc3ncn(-c4ccc(C(C)O)c(-n5nc(C#N)cc5C)n4)c3cc2F)cc1F. The van der Waals surface area contributed by atoms with Gasteiger partial charge in [-0.15, -0.1) is 0 Å². The fourth-order valence-electron chi connectivity index (χ4n) is 3.86. The van der Waals surface area contributed by atoms with E-state index in [-0.39, 0.29) is 17.1 Å². The number of hydrogen-bond acceptors (Lipinski definition) is 7. The van der Waals surface area contributed by atoms with Gasteiger partial charge >= 0.3 is 0 Å². The molecule has 0 fully saturated rings. The predicted octanol–water partition coefficient (Wildman–Crippen LogP) is 4.56. The Bertz CT molecular complexity index is 1670. The number of aromatic nitrogens is 6. The first-order valence-corrected chi connectivity index (χ1v) is 11.0. The highest BCUT2D eigenvalue weighted by Crippen LogP contribution is 2.28. The molecule has 9 nitrogen and oxygen atoms in total. The van der Waals surface area contributed by atoms with Gasteiger partial charge < -0.3 is 10.4 Å². The largest absolute Gasteiger partial charge is 0.389 e. The first-order valence-electron chi connectivity index (χ1n) is 11.0. The molecule has 36 heavy (non-hydrogen) atoms. The van der Waals surface area contributed by atoms with Crippen molar-refractivity contribution in [2.75, 3.05) is 5.32 Å². The van der Waals surface area contributed by atoms with Gasteiger partial charge in [-0.2, -0.15) is 10.4 Å². The molecule has 5 aromatic rings. The molecule has 0 amide bonds. The van der Waals surface area contributed by atoms with Crippen LogP contribution in [-0.2, 0) is 0 Å². The first-order chi connectivity index (χ1) is 17.2. The number of halogens is 2. The van der Waals surface area contributed by atoms with Gasteiger partial charge in [0.1, 0.15) is 29.8 Å². The molecule has 2 N–H and O–H groups in total. The number of aryl methyl sites for hydroxylation is 2. The third-order valence-electron chi connectivity index (χ3n) is 5.73. The summed E-state index contributed by atoms with van der Waals surface area (Å²) >= 11 is 0. The summed E-state index contributed by atoms with van der Waals surface area (Å²) in [6.07, 6.45) is 2.08. The summed E-state index contributed by atoms with van der Waals surface area (Å²) in [5.41, 5.74) is 2.99. The van der Waals surface area contributed by atoms with Crippen LogP contribution in [0.4, 0.5) is 20.2 Å². The molecule has 1 atom stereocenters. The van der Waals surface area contributed by atoms with Crippen molar-refractivity contribution < 1.29 is 13.9 Å². The van der Waals surface area contributed by atoms with E-state index >= 15 is 4.39 Å². The van der Waals surface area contributed by atoms with Gasteiger partial charge in [-0.25, -0.2) is 23.4 Å². The molecule has 5 rings (SSSR count). The summed E-state index contributed by atoms with van der Waals surface area (Å²) in [6.45, 7) is 4.93. The van der Waals surface area contributed by atoms with E-state index in [0.717, 1.165) is 0 Å². The van der Waals surface area contributed by atoms with Gasteiger partial charge in [0.2, 0.25) is 0 Å². The fraction of sp³-hybridized carbons (Fsp3) is 0.160. The average molecular weight is 486 g/mol. The van der Waals surface area contributed by atoms with Crippen molar-refractivity contribution in [2.24, 2.45) is 0 Å². The summed E-state index contributed by atoms with van der Waals surface area (Å²) in [5, 5.41) is 26.6. The zero-order chi connectivity index (χ0) is 25.6. The molecule has 0 saturated heterocycles. The van der Waals surface area contributed by atoms with E-state index in [0.29, 0.717) is 39.6 Å². The Morgan fingerprint density at radius 1 is 1.08 bits per heavy atom. The van der Waals surface area contributed by atoms with Crippen LogP contribution in [0.5, 0.6) is 0 Å². The van der Waals surface area contributed by atoms with Crippen LogP contribution in [0.25, 0.3) is 22.7 Å². The third kappa shape index (κ3) is 4.03. The summed E-state index contributed by atoms with van der Waals surface area (Å²) < 4.78 is 32.0. The average Bonchev–Trinajstić information content (AvgIpc) is 3.44. The normalized spacial score (nSPS) is 12.0. The first kappa shape index (κ1) is 23.1. The van der Waals surface area contributed by atoms with Crippen molar-refractivity contribution >= 4 is 22.4 Å². The monoisotopic (exact) mass is 486 g/mol. The Morgan fingerprint density at radius 3 is 2.58 bits per heavy atom. The number of aliphatic hydroxyl groups is 1. The molecule has 1 aromatic carbocycles.